The van der Waals surface area contributed by atoms with Crippen molar-refractivity contribution in [3.8, 4) is 0 Å². The second-order valence-corrected chi connectivity index (χ2v) is 4.34. The van der Waals surface area contributed by atoms with Crippen LogP contribution in [0.2, 0.25) is 0 Å². The molecule has 0 amide bonds. The first kappa shape index (κ1) is 12.7. The maximum atomic E-state index is 9.41. The van der Waals surface area contributed by atoms with Gasteiger partial charge >= 0.3 is 7.12 Å². The summed E-state index contributed by atoms with van der Waals surface area (Å²) in [6.07, 6.45) is 0. The maximum absolute atomic E-state index is 9.41. The van der Waals surface area contributed by atoms with Crippen molar-refractivity contribution in [2.45, 2.75) is 13.8 Å². The van der Waals surface area contributed by atoms with Crippen LogP contribution in [0.4, 0.5) is 11.4 Å². The molecule has 0 saturated heterocycles. The molecule has 0 aliphatic carbocycles. The van der Waals surface area contributed by atoms with Gasteiger partial charge in [0, 0.05) is 16.8 Å². The van der Waals surface area contributed by atoms with Gasteiger partial charge in [-0.25, -0.2) is 0 Å². The number of anilines is 2. The third kappa shape index (κ3) is 2.55. The first-order chi connectivity index (χ1) is 8.59. The lowest BCUT2D eigenvalue weighted by Gasteiger charge is -2.16. The van der Waals surface area contributed by atoms with Gasteiger partial charge in [0.25, 0.3) is 0 Å². The molecular weight excluding hydrogens is 225 g/mol. The Bertz CT molecular complexity index is 541. The summed E-state index contributed by atoms with van der Waals surface area (Å²) in [5.41, 5.74) is 4.30. The van der Waals surface area contributed by atoms with E-state index >= 15 is 0 Å². The van der Waals surface area contributed by atoms with E-state index in [0.717, 1.165) is 22.5 Å². The minimum absolute atomic E-state index is 0.488. The van der Waals surface area contributed by atoms with E-state index in [-0.39, 0.29) is 0 Å². The minimum Gasteiger partial charge on any atom is -0.423 e. The Balaban J connectivity index is 2.45. The predicted molar refractivity (Wildman–Crippen MR) is 75.5 cm³/mol. The topological polar surface area (TPSA) is 52.5 Å². The van der Waals surface area contributed by atoms with Gasteiger partial charge in [-0.05, 0) is 37.1 Å². The highest BCUT2D eigenvalue weighted by atomic mass is 16.4. The summed E-state index contributed by atoms with van der Waals surface area (Å²) >= 11 is 0. The largest absolute Gasteiger partial charge is 0.490 e. The van der Waals surface area contributed by atoms with Gasteiger partial charge in [-0.2, -0.15) is 0 Å². The molecule has 3 nitrogen and oxygen atoms in total. The van der Waals surface area contributed by atoms with Crippen molar-refractivity contribution in [1.82, 2.24) is 0 Å². The Kier molecular flexibility index (Phi) is 3.70. The first-order valence-electron chi connectivity index (χ1n) is 5.88. The van der Waals surface area contributed by atoms with Gasteiger partial charge in [0.05, 0.1) is 0 Å². The van der Waals surface area contributed by atoms with Crippen molar-refractivity contribution in [2.24, 2.45) is 0 Å². The molecule has 0 bridgehead atoms. The molecule has 2 rings (SSSR count). The molecule has 92 valence electrons. The lowest BCUT2D eigenvalue weighted by molar-refractivity contribution is 0.426. The van der Waals surface area contributed by atoms with Gasteiger partial charge in [-0.1, -0.05) is 30.3 Å². The first-order valence-corrected chi connectivity index (χ1v) is 5.88. The monoisotopic (exact) mass is 241 g/mol. The van der Waals surface area contributed by atoms with Crippen molar-refractivity contribution >= 4 is 24.0 Å². The highest BCUT2D eigenvalue weighted by Crippen LogP contribution is 2.21. The van der Waals surface area contributed by atoms with E-state index in [2.05, 4.69) is 5.32 Å². The average Bonchev–Trinajstić information content (AvgIpc) is 2.36. The van der Waals surface area contributed by atoms with E-state index in [4.69, 9.17) is 0 Å². The Morgan fingerprint density at radius 1 is 0.944 bits per heavy atom. The fourth-order valence-electron chi connectivity index (χ4n) is 1.88. The quantitative estimate of drug-likeness (QED) is 0.717. The highest BCUT2D eigenvalue weighted by Gasteiger charge is 2.18. The SMILES string of the molecule is Cc1ccc(B(O)O)c(Nc2ccccc2)c1C. The third-order valence-corrected chi connectivity index (χ3v) is 3.09. The van der Waals surface area contributed by atoms with Gasteiger partial charge in [0.15, 0.2) is 0 Å². The molecule has 4 heteroatoms. The molecule has 0 aliphatic rings. The zero-order chi connectivity index (χ0) is 13.1. The average molecular weight is 241 g/mol. The van der Waals surface area contributed by atoms with Crippen molar-refractivity contribution < 1.29 is 10.0 Å². The predicted octanol–water partition coefficient (Wildman–Crippen LogP) is 1.73. The maximum Gasteiger partial charge on any atom is 0.490 e. The Hall–Kier alpha value is -1.78. The van der Waals surface area contributed by atoms with Crippen molar-refractivity contribution in [3.05, 3.63) is 53.6 Å². The number of hydrogen-bond acceptors (Lipinski definition) is 3. The standard InChI is InChI=1S/C14H16BNO2/c1-10-8-9-13(15(17)18)14(11(10)2)16-12-6-4-3-5-7-12/h3-9,16-18H,1-2H3. The molecule has 0 unspecified atom stereocenters. The molecule has 0 fully saturated rings. The summed E-state index contributed by atoms with van der Waals surface area (Å²) in [4.78, 5) is 0. The summed E-state index contributed by atoms with van der Waals surface area (Å²) in [5, 5.41) is 22.1. The summed E-state index contributed by atoms with van der Waals surface area (Å²) in [6.45, 7) is 3.96. The van der Waals surface area contributed by atoms with Crippen LogP contribution in [0.1, 0.15) is 11.1 Å². The van der Waals surface area contributed by atoms with Crippen LogP contribution >= 0.6 is 0 Å². The third-order valence-electron chi connectivity index (χ3n) is 3.09. The molecule has 2 aromatic carbocycles. The molecule has 0 heterocycles. The van der Waals surface area contributed by atoms with Crippen molar-refractivity contribution in [2.75, 3.05) is 5.32 Å². The van der Waals surface area contributed by atoms with E-state index < -0.39 is 7.12 Å². The van der Waals surface area contributed by atoms with E-state index in [0.29, 0.717) is 5.46 Å². The van der Waals surface area contributed by atoms with Gasteiger partial charge in [0.1, 0.15) is 0 Å². The van der Waals surface area contributed by atoms with Crippen LogP contribution in [0.25, 0.3) is 0 Å². The molecule has 18 heavy (non-hydrogen) atoms. The number of para-hydroxylation sites is 1. The molecule has 0 spiro atoms. The lowest BCUT2D eigenvalue weighted by Crippen LogP contribution is -2.32. The van der Waals surface area contributed by atoms with Crippen LogP contribution in [0, 0.1) is 13.8 Å². The molecule has 0 atom stereocenters. The van der Waals surface area contributed by atoms with Gasteiger partial charge in [0.2, 0.25) is 0 Å². The Morgan fingerprint density at radius 3 is 2.22 bits per heavy atom. The van der Waals surface area contributed by atoms with Crippen LogP contribution in [-0.2, 0) is 0 Å². The Labute approximate surface area is 107 Å². The van der Waals surface area contributed by atoms with E-state index in [1.165, 1.54) is 0 Å². The fraction of sp³-hybridized carbons (Fsp3) is 0.143. The zero-order valence-electron chi connectivity index (χ0n) is 10.5. The molecule has 0 aliphatic heterocycles. The van der Waals surface area contributed by atoms with Gasteiger partial charge in [-0.3, -0.25) is 0 Å². The summed E-state index contributed by atoms with van der Waals surface area (Å²) in [6, 6.07) is 13.3. The summed E-state index contributed by atoms with van der Waals surface area (Å²) in [7, 11) is -1.48. The normalized spacial score (nSPS) is 10.2. The number of aryl methyl sites for hydroxylation is 1. The van der Waals surface area contributed by atoms with E-state index in [1.54, 1.807) is 6.07 Å². The smallest absolute Gasteiger partial charge is 0.423 e. The van der Waals surface area contributed by atoms with Gasteiger partial charge in [-0.15, -0.1) is 0 Å². The van der Waals surface area contributed by atoms with Crippen molar-refractivity contribution in [3.63, 3.8) is 0 Å². The van der Waals surface area contributed by atoms with Crippen molar-refractivity contribution in [1.29, 1.82) is 0 Å². The van der Waals surface area contributed by atoms with E-state index in [9.17, 15) is 10.0 Å². The van der Waals surface area contributed by atoms with Crippen LogP contribution in [0.15, 0.2) is 42.5 Å². The van der Waals surface area contributed by atoms with Crippen LogP contribution in [-0.4, -0.2) is 17.2 Å². The molecule has 3 N–H and O–H groups in total. The number of benzene rings is 2. The van der Waals surface area contributed by atoms with Crippen LogP contribution in [0.3, 0.4) is 0 Å². The molecule has 0 radical (unpaired) electrons. The molecule has 2 aromatic rings. The number of hydrogen-bond donors (Lipinski definition) is 3. The second-order valence-electron chi connectivity index (χ2n) is 4.34. The van der Waals surface area contributed by atoms with Gasteiger partial charge < -0.3 is 15.4 Å². The van der Waals surface area contributed by atoms with Crippen LogP contribution < -0.4 is 10.8 Å². The zero-order valence-corrected chi connectivity index (χ0v) is 10.5. The second kappa shape index (κ2) is 5.25. The highest BCUT2D eigenvalue weighted by molar-refractivity contribution is 6.60. The van der Waals surface area contributed by atoms with Crippen LogP contribution in [0.5, 0.6) is 0 Å². The number of nitrogens with one attached hydrogen (secondary N) is 1. The lowest BCUT2D eigenvalue weighted by atomic mass is 9.77. The number of rotatable bonds is 3. The summed E-state index contributed by atoms with van der Waals surface area (Å²) in [5.74, 6) is 0. The summed E-state index contributed by atoms with van der Waals surface area (Å²) < 4.78 is 0. The Morgan fingerprint density at radius 2 is 1.61 bits per heavy atom. The minimum atomic E-state index is -1.48. The molecule has 0 aromatic heterocycles. The molecular formula is C14H16BNO2. The van der Waals surface area contributed by atoms with E-state index in [1.807, 2.05) is 50.2 Å². The fourth-order valence-corrected chi connectivity index (χ4v) is 1.88. The molecule has 0 saturated carbocycles.